The molecule has 0 spiro atoms. The molecule has 0 N–H and O–H groups in total. The van der Waals surface area contributed by atoms with Gasteiger partial charge >= 0.3 is 5.97 Å². The monoisotopic (exact) mass is 250 g/mol. The van der Waals surface area contributed by atoms with Crippen LogP contribution in [0.1, 0.15) is 54.4 Å². The average Bonchev–Trinajstić information content (AvgIpc) is 2.61. The van der Waals surface area contributed by atoms with Gasteiger partial charge in [-0.25, -0.2) is 9.18 Å². The number of hydrogen-bond donors (Lipinski definition) is 0. The summed E-state index contributed by atoms with van der Waals surface area (Å²) in [4.78, 5) is 11.9. The molecule has 2 rings (SSSR count). The van der Waals surface area contributed by atoms with Crippen LogP contribution >= 0.6 is 0 Å². The molecule has 0 atom stereocenters. The van der Waals surface area contributed by atoms with E-state index in [1.165, 1.54) is 18.9 Å². The number of esters is 1. The van der Waals surface area contributed by atoms with E-state index in [1.54, 1.807) is 12.1 Å². The maximum Gasteiger partial charge on any atom is 0.341 e. The van der Waals surface area contributed by atoms with Crippen LogP contribution in [0.15, 0.2) is 18.2 Å². The summed E-state index contributed by atoms with van der Waals surface area (Å²) in [5, 5.41) is 0. The van der Waals surface area contributed by atoms with Crippen molar-refractivity contribution in [3.05, 3.63) is 35.1 Å². The molecule has 0 unspecified atom stereocenters. The van der Waals surface area contributed by atoms with Gasteiger partial charge in [0.15, 0.2) is 0 Å². The van der Waals surface area contributed by atoms with Gasteiger partial charge in [-0.1, -0.05) is 24.5 Å². The van der Waals surface area contributed by atoms with Gasteiger partial charge in [-0.15, -0.1) is 0 Å². The molecular weight excluding hydrogens is 231 g/mol. The van der Waals surface area contributed by atoms with Gasteiger partial charge in [0.1, 0.15) is 11.9 Å². The molecule has 1 fully saturated rings. The zero-order valence-corrected chi connectivity index (χ0v) is 10.7. The second-order valence-electron chi connectivity index (χ2n) is 5.00. The molecule has 0 radical (unpaired) electrons. The van der Waals surface area contributed by atoms with E-state index >= 15 is 0 Å². The van der Waals surface area contributed by atoms with Gasteiger partial charge in [-0.2, -0.15) is 0 Å². The van der Waals surface area contributed by atoms with Crippen LogP contribution in [-0.4, -0.2) is 12.1 Å². The maximum atomic E-state index is 13.6. The first-order valence-corrected chi connectivity index (χ1v) is 6.64. The predicted octanol–water partition coefficient (Wildman–Crippen LogP) is 4.01. The van der Waals surface area contributed by atoms with E-state index in [9.17, 15) is 9.18 Å². The summed E-state index contributed by atoms with van der Waals surface area (Å²) < 4.78 is 19.0. The molecule has 0 aliphatic heterocycles. The summed E-state index contributed by atoms with van der Waals surface area (Å²) >= 11 is 0. The number of carbonyl (C=O) groups is 1. The highest BCUT2D eigenvalue weighted by Crippen LogP contribution is 2.21. The SMILES string of the molecule is Cc1ccc(F)c(C(=O)OC2CCCCCC2)c1. The molecule has 0 aromatic heterocycles. The highest BCUT2D eigenvalue weighted by Gasteiger charge is 2.20. The van der Waals surface area contributed by atoms with E-state index in [1.807, 2.05) is 6.92 Å². The summed E-state index contributed by atoms with van der Waals surface area (Å²) in [5.41, 5.74) is 0.920. The van der Waals surface area contributed by atoms with Crippen molar-refractivity contribution in [3.63, 3.8) is 0 Å². The molecular formula is C15H19FO2. The lowest BCUT2D eigenvalue weighted by Crippen LogP contribution is -2.18. The van der Waals surface area contributed by atoms with Gasteiger partial charge in [0.05, 0.1) is 5.56 Å². The minimum Gasteiger partial charge on any atom is -0.459 e. The first kappa shape index (κ1) is 13.1. The van der Waals surface area contributed by atoms with Crippen LogP contribution in [0.2, 0.25) is 0 Å². The van der Waals surface area contributed by atoms with Crippen LogP contribution in [0, 0.1) is 12.7 Å². The molecule has 1 aliphatic rings. The Morgan fingerprint density at radius 1 is 1.22 bits per heavy atom. The summed E-state index contributed by atoms with van der Waals surface area (Å²) in [5.74, 6) is -1.03. The number of benzene rings is 1. The molecule has 0 heterocycles. The third-order valence-corrected chi connectivity index (χ3v) is 3.42. The lowest BCUT2D eigenvalue weighted by molar-refractivity contribution is 0.0262. The molecule has 1 aliphatic carbocycles. The van der Waals surface area contributed by atoms with E-state index in [4.69, 9.17) is 4.74 Å². The van der Waals surface area contributed by atoms with Crippen LogP contribution in [0.3, 0.4) is 0 Å². The number of ether oxygens (including phenoxy) is 1. The summed E-state index contributed by atoms with van der Waals surface area (Å²) in [6.45, 7) is 1.84. The Balaban J connectivity index is 2.04. The van der Waals surface area contributed by atoms with Crippen molar-refractivity contribution in [2.45, 2.75) is 51.6 Å². The molecule has 1 saturated carbocycles. The molecule has 18 heavy (non-hydrogen) atoms. The van der Waals surface area contributed by atoms with E-state index in [2.05, 4.69) is 0 Å². The quantitative estimate of drug-likeness (QED) is 0.585. The smallest absolute Gasteiger partial charge is 0.341 e. The standard InChI is InChI=1S/C15H19FO2/c1-11-8-9-14(16)13(10-11)15(17)18-12-6-4-2-3-5-7-12/h8-10,12H,2-7H2,1H3. The highest BCUT2D eigenvalue weighted by molar-refractivity contribution is 5.90. The molecule has 0 saturated heterocycles. The molecule has 0 bridgehead atoms. The lowest BCUT2D eigenvalue weighted by atomic mass is 10.1. The van der Waals surface area contributed by atoms with Gasteiger partial charge in [-0.3, -0.25) is 0 Å². The normalized spacial score (nSPS) is 17.2. The Kier molecular flexibility index (Phi) is 4.34. The molecule has 98 valence electrons. The van der Waals surface area contributed by atoms with Crippen LogP contribution in [0.4, 0.5) is 4.39 Å². The Hall–Kier alpha value is -1.38. The van der Waals surface area contributed by atoms with Crippen molar-refractivity contribution in [1.29, 1.82) is 0 Å². The zero-order chi connectivity index (χ0) is 13.0. The summed E-state index contributed by atoms with van der Waals surface area (Å²) in [6, 6.07) is 4.52. The molecule has 3 heteroatoms. The first-order valence-electron chi connectivity index (χ1n) is 6.64. The van der Waals surface area contributed by atoms with Crippen molar-refractivity contribution in [2.75, 3.05) is 0 Å². The van der Waals surface area contributed by atoms with Crippen LogP contribution in [0.25, 0.3) is 0 Å². The van der Waals surface area contributed by atoms with Gasteiger partial charge in [0.2, 0.25) is 0 Å². The van der Waals surface area contributed by atoms with E-state index in [-0.39, 0.29) is 11.7 Å². The fourth-order valence-corrected chi connectivity index (χ4v) is 2.37. The van der Waals surface area contributed by atoms with Crippen LogP contribution in [0.5, 0.6) is 0 Å². The maximum absolute atomic E-state index is 13.6. The van der Waals surface area contributed by atoms with Gasteiger partial charge in [0, 0.05) is 0 Å². The third kappa shape index (κ3) is 3.31. The average molecular weight is 250 g/mol. The zero-order valence-electron chi connectivity index (χ0n) is 10.7. The minimum absolute atomic E-state index is 0.0417. The Morgan fingerprint density at radius 3 is 2.56 bits per heavy atom. The van der Waals surface area contributed by atoms with Crippen molar-refractivity contribution in [3.8, 4) is 0 Å². The van der Waals surface area contributed by atoms with Gasteiger partial charge in [0.25, 0.3) is 0 Å². The van der Waals surface area contributed by atoms with Crippen LogP contribution in [-0.2, 0) is 4.74 Å². The summed E-state index contributed by atoms with van der Waals surface area (Å²) in [7, 11) is 0. The number of hydrogen-bond acceptors (Lipinski definition) is 2. The second-order valence-corrected chi connectivity index (χ2v) is 5.00. The minimum atomic E-state index is -0.525. The summed E-state index contributed by atoms with van der Waals surface area (Å²) in [6.07, 6.45) is 6.35. The predicted molar refractivity (Wildman–Crippen MR) is 68.0 cm³/mol. The van der Waals surface area contributed by atoms with E-state index in [0.29, 0.717) is 0 Å². The van der Waals surface area contributed by atoms with Crippen molar-refractivity contribution >= 4 is 5.97 Å². The number of carbonyl (C=O) groups excluding carboxylic acids is 1. The number of rotatable bonds is 2. The van der Waals surface area contributed by atoms with Crippen molar-refractivity contribution < 1.29 is 13.9 Å². The lowest BCUT2D eigenvalue weighted by Gasteiger charge is -2.15. The first-order chi connectivity index (χ1) is 8.66. The van der Waals surface area contributed by atoms with Gasteiger partial charge in [-0.05, 0) is 44.7 Å². The third-order valence-electron chi connectivity index (χ3n) is 3.42. The fourth-order valence-electron chi connectivity index (χ4n) is 2.37. The van der Waals surface area contributed by atoms with Crippen LogP contribution < -0.4 is 0 Å². The number of halogens is 1. The molecule has 2 nitrogen and oxygen atoms in total. The Morgan fingerprint density at radius 2 is 1.89 bits per heavy atom. The highest BCUT2D eigenvalue weighted by atomic mass is 19.1. The van der Waals surface area contributed by atoms with Crippen molar-refractivity contribution in [1.82, 2.24) is 0 Å². The topological polar surface area (TPSA) is 26.3 Å². The van der Waals surface area contributed by atoms with Gasteiger partial charge < -0.3 is 4.74 Å². The molecule has 0 amide bonds. The number of aryl methyl sites for hydroxylation is 1. The Bertz CT molecular complexity index is 421. The Labute approximate surface area is 107 Å². The van der Waals surface area contributed by atoms with E-state index in [0.717, 1.165) is 31.2 Å². The largest absolute Gasteiger partial charge is 0.459 e. The fraction of sp³-hybridized carbons (Fsp3) is 0.533. The molecule has 1 aromatic carbocycles. The van der Waals surface area contributed by atoms with Crippen molar-refractivity contribution in [2.24, 2.45) is 0 Å². The second kappa shape index (κ2) is 5.98. The van der Waals surface area contributed by atoms with E-state index < -0.39 is 11.8 Å². The molecule has 1 aromatic rings.